The number of nitrogens with zero attached hydrogens (tertiary/aromatic N) is 1. The molecule has 0 amide bonds. The Morgan fingerprint density at radius 1 is 0.889 bits per heavy atom. The highest BCUT2D eigenvalue weighted by Crippen LogP contribution is 2.35. The van der Waals surface area contributed by atoms with Crippen molar-refractivity contribution in [3.8, 4) is 22.8 Å². The Morgan fingerprint density at radius 3 is 2.56 bits per heavy atom. The van der Waals surface area contributed by atoms with Gasteiger partial charge in [-0.2, -0.15) is 0 Å². The minimum absolute atomic E-state index is 0.325. The Morgan fingerprint density at radius 2 is 1.70 bits per heavy atom. The number of hydrogen-bond donors (Lipinski definition) is 1. The first-order chi connectivity index (χ1) is 13.3. The molecule has 2 aliphatic rings. The smallest absolute Gasteiger partial charge is 0.344 e. The summed E-state index contributed by atoms with van der Waals surface area (Å²) in [6, 6.07) is 13.5. The van der Waals surface area contributed by atoms with Gasteiger partial charge in [-0.1, -0.05) is 6.07 Å². The summed E-state index contributed by atoms with van der Waals surface area (Å²) < 4.78 is 16.8. The molecular weight excluding hydrogens is 344 g/mol. The summed E-state index contributed by atoms with van der Waals surface area (Å²) in [7, 11) is 0. The van der Waals surface area contributed by atoms with Crippen molar-refractivity contribution in [2.24, 2.45) is 0 Å². The highest BCUT2D eigenvalue weighted by atomic mass is 16.6. The highest BCUT2D eigenvalue weighted by molar-refractivity contribution is 5.87. The Balaban J connectivity index is 1.54. The van der Waals surface area contributed by atoms with E-state index >= 15 is 0 Å². The zero-order valence-corrected chi connectivity index (χ0v) is 14.9. The second-order valence-corrected chi connectivity index (χ2v) is 6.77. The zero-order chi connectivity index (χ0) is 18.2. The van der Waals surface area contributed by atoms with Crippen molar-refractivity contribution >= 4 is 16.5 Å². The monoisotopic (exact) mass is 364 g/mol. The predicted octanol–water partition coefficient (Wildman–Crippen LogP) is 2.64. The fourth-order valence-corrected chi connectivity index (χ4v) is 3.63. The zero-order valence-electron chi connectivity index (χ0n) is 14.9. The van der Waals surface area contributed by atoms with E-state index in [1.165, 1.54) is 0 Å². The van der Waals surface area contributed by atoms with E-state index < -0.39 is 0 Å². The van der Waals surface area contributed by atoms with Crippen LogP contribution in [0.2, 0.25) is 0 Å². The van der Waals surface area contributed by atoms with Gasteiger partial charge >= 0.3 is 5.63 Å². The first kappa shape index (κ1) is 16.2. The van der Waals surface area contributed by atoms with Crippen LogP contribution >= 0.6 is 0 Å². The van der Waals surface area contributed by atoms with Crippen molar-refractivity contribution < 1.29 is 13.9 Å². The van der Waals surface area contributed by atoms with E-state index in [-0.39, 0.29) is 5.63 Å². The van der Waals surface area contributed by atoms with Gasteiger partial charge < -0.3 is 24.1 Å². The third-order valence-electron chi connectivity index (χ3n) is 5.05. The number of fused-ring (bicyclic) bond motifs is 2. The Kier molecular flexibility index (Phi) is 3.98. The van der Waals surface area contributed by atoms with Gasteiger partial charge in [0.25, 0.3) is 0 Å². The van der Waals surface area contributed by atoms with Gasteiger partial charge in [-0.05, 0) is 41.8 Å². The van der Waals surface area contributed by atoms with Gasteiger partial charge in [-0.3, -0.25) is 0 Å². The fraction of sp³-hybridized carbons (Fsp3) is 0.286. The number of hydrogen-bond acceptors (Lipinski definition) is 6. The molecule has 2 aliphatic heterocycles. The van der Waals surface area contributed by atoms with Crippen LogP contribution in [-0.2, 0) is 0 Å². The fourth-order valence-electron chi connectivity index (χ4n) is 3.63. The van der Waals surface area contributed by atoms with E-state index in [0.29, 0.717) is 35.9 Å². The van der Waals surface area contributed by atoms with Crippen LogP contribution in [0.25, 0.3) is 22.1 Å². The van der Waals surface area contributed by atoms with Gasteiger partial charge in [-0.15, -0.1) is 0 Å². The molecule has 1 N–H and O–H groups in total. The van der Waals surface area contributed by atoms with Crippen LogP contribution in [0.3, 0.4) is 0 Å². The Bertz CT molecular complexity index is 1050. The van der Waals surface area contributed by atoms with Gasteiger partial charge in [0.05, 0.1) is 5.39 Å². The van der Waals surface area contributed by atoms with Crippen LogP contribution < -0.4 is 25.3 Å². The quantitative estimate of drug-likeness (QED) is 0.754. The number of ether oxygens (including phenoxy) is 2. The van der Waals surface area contributed by atoms with Crippen molar-refractivity contribution in [1.29, 1.82) is 0 Å². The molecule has 0 bridgehead atoms. The molecule has 0 radical (unpaired) electrons. The Hall–Kier alpha value is -2.99. The molecule has 0 atom stereocenters. The van der Waals surface area contributed by atoms with E-state index in [1.54, 1.807) is 0 Å². The number of rotatable bonds is 2. The number of piperazine rings is 1. The predicted molar refractivity (Wildman–Crippen MR) is 104 cm³/mol. The molecule has 3 aromatic rings. The van der Waals surface area contributed by atoms with Crippen molar-refractivity contribution in [2.75, 3.05) is 44.3 Å². The summed E-state index contributed by atoms with van der Waals surface area (Å²) >= 11 is 0. The van der Waals surface area contributed by atoms with Crippen LogP contribution in [0.5, 0.6) is 11.5 Å². The van der Waals surface area contributed by atoms with E-state index in [0.717, 1.165) is 42.8 Å². The van der Waals surface area contributed by atoms with Crippen molar-refractivity contribution in [1.82, 2.24) is 5.32 Å². The molecule has 0 saturated carbocycles. The summed E-state index contributed by atoms with van der Waals surface area (Å²) in [5, 5.41) is 4.81. The topological polar surface area (TPSA) is 63.9 Å². The maximum atomic E-state index is 12.6. The maximum Gasteiger partial charge on any atom is 0.344 e. The molecule has 1 saturated heterocycles. The molecule has 6 nitrogen and oxygen atoms in total. The summed E-state index contributed by atoms with van der Waals surface area (Å²) in [6.07, 6.45) is 0. The lowest BCUT2D eigenvalue weighted by Crippen LogP contribution is -2.43. The number of anilines is 1. The lowest BCUT2D eigenvalue weighted by atomic mass is 10.1. The maximum absolute atomic E-state index is 12.6. The minimum Gasteiger partial charge on any atom is -0.486 e. The first-order valence-electron chi connectivity index (χ1n) is 9.21. The largest absolute Gasteiger partial charge is 0.486 e. The van der Waals surface area contributed by atoms with Crippen molar-refractivity contribution in [3.63, 3.8) is 0 Å². The highest BCUT2D eigenvalue weighted by Gasteiger charge is 2.16. The van der Waals surface area contributed by atoms with Crippen LogP contribution in [0.4, 0.5) is 5.69 Å². The van der Waals surface area contributed by atoms with Crippen LogP contribution in [0.1, 0.15) is 0 Å². The third-order valence-corrected chi connectivity index (χ3v) is 5.05. The average Bonchev–Trinajstić information content (AvgIpc) is 2.74. The molecule has 0 spiro atoms. The van der Waals surface area contributed by atoms with Gasteiger partial charge in [-0.25, -0.2) is 4.79 Å². The third kappa shape index (κ3) is 3.02. The van der Waals surface area contributed by atoms with Gasteiger partial charge in [0.15, 0.2) is 11.5 Å². The van der Waals surface area contributed by atoms with Crippen LogP contribution in [0, 0.1) is 0 Å². The second-order valence-electron chi connectivity index (χ2n) is 6.77. The minimum atomic E-state index is -0.325. The van der Waals surface area contributed by atoms with E-state index in [9.17, 15) is 4.79 Å². The lowest BCUT2D eigenvalue weighted by Gasteiger charge is -2.29. The summed E-state index contributed by atoms with van der Waals surface area (Å²) in [6.45, 7) is 4.85. The summed E-state index contributed by atoms with van der Waals surface area (Å²) in [5.41, 5.74) is 1.53. The van der Waals surface area contributed by atoms with Crippen molar-refractivity contribution in [2.45, 2.75) is 0 Å². The SMILES string of the molecule is O=c1oc(-c2ccc3c(c2)OCCO3)cc2ccc(N3CCNCC3)cc12. The van der Waals surface area contributed by atoms with Crippen LogP contribution in [0.15, 0.2) is 51.7 Å². The van der Waals surface area contributed by atoms with Gasteiger partial charge in [0.1, 0.15) is 19.0 Å². The summed E-state index contributed by atoms with van der Waals surface area (Å²) in [4.78, 5) is 14.9. The molecule has 27 heavy (non-hydrogen) atoms. The average molecular weight is 364 g/mol. The second kappa shape index (κ2) is 6.63. The number of nitrogens with one attached hydrogen (secondary N) is 1. The first-order valence-corrected chi connectivity index (χ1v) is 9.21. The van der Waals surface area contributed by atoms with E-state index in [2.05, 4.69) is 16.3 Å². The lowest BCUT2D eigenvalue weighted by molar-refractivity contribution is 0.171. The molecule has 6 heteroatoms. The molecular formula is C21H20N2O4. The standard InChI is InChI=1S/C21H20N2O4/c24-21-17-13-16(23-7-5-22-6-8-23)3-1-14(17)11-19(27-21)15-2-4-18-20(12-15)26-10-9-25-18/h1-4,11-13,22H,5-10H2. The summed E-state index contributed by atoms with van der Waals surface area (Å²) in [5.74, 6) is 1.92. The van der Waals surface area contributed by atoms with Gasteiger partial charge in [0, 0.05) is 37.4 Å². The molecule has 1 fully saturated rings. The molecule has 5 rings (SSSR count). The molecule has 0 unspecified atom stereocenters. The Labute approximate surface area is 156 Å². The molecule has 2 aromatic carbocycles. The van der Waals surface area contributed by atoms with Gasteiger partial charge in [0.2, 0.25) is 0 Å². The normalized spacial score (nSPS) is 16.5. The van der Waals surface area contributed by atoms with Crippen LogP contribution in [-0.4, -0.2) is 39.4 Å². The van der Waals surface area contributed by atoms with E-state index in [4.69, 9.17) is 13.9 Å². The number of benzene rings is 2. The molecule has 1 aromatic heterocycles. The molecule has 0 aliphatic carbocycles. The van der Waals surface area contributed by atoms with Crippen molar-refractivity contribution in [3.05, 3.63) is 52.9 Å². The molecule has 138 valence electrons. The molecule has 3 heterocycles. The van der Waals surface area contributed by atoms with E-state index in [1.807, 2.05) is 36.4 Å².